The van der Waals surface area contributed by atoms with Crippen LogP contribution < -0.4 is 0 Å². The maximum atomic E-state index is 11.0. The van der Waals surface area contributed by atoms with Crippen LogP contribution in [0.5, 0.6) is 0 Å². The van der Waals surface area contributed by atoms with E-state index in [4.69, 9.17) is 11.6 Å². The lowest BCUT2D eigenvalue weighted by Gasteiger charge is -2.54. The Labute approximate surface area is 90.2 Å². The maximum absolute atomic E-state index is 11.0. The summed E-state index contributed by atoms with van der Waals surface area (Å²) in [6.45, 7) is 0. The monoisotopic (exact) mass is 212 g/mol. The van der Waals surface area contributed by atoms with Crippen LogP contribution in [-0.2, 0) is 4.79 Å². The van der Waals surface area contributed by atoms with E-state index in [1.807, 2.05) is 0 Å². The molecule has 78 valence electrons. The highest BCUT2D eigenvalue weighted by molar-refractivity contribution is 6.63. The summed E-state index contributed by atoms with van der Waals surface area (Å²) in [6.07, 6.45) is 7.69. The van der Waals surface area contributed by atoms with Gasteiger partial charge in [0.25, 0.3) is 0 Å². The summed E-state index contributed by atoms with van der Waals surface area (Å²) in [6, 6.07) is 0. The van der Waals surface area contributed by atoms with Gasteiger partial charge in [0, 0.05) is 6.42 Å². The molecule has 4 aliphatic rings. The molecular weight excluding hydrogens is 196 g/mol. The molecule has 0 N–H and O–H groups in total. The zero-order valence-electron chi connectivity index (χ0n) is 8.42. The second-order valence-electron chi connectivity index (χ2n) is 5.65. The van der Waals surface area contributed by atoms with Gasteiger partial charge in [-0.3, -0.25) is 4.79 Å². The molecule has 0 unspecified atom stereocenters. The molecule has 2 heteroatoms. The van der Waals surface area contributed by atoms with Gasteiger partial charge in [-0.15, -0.1) is 0 Å². The predicted molar refractivity (Wildman–Crippen MR) is 56.0 cm³/mol. The summed E-state index contributed by atoms with van der Waals surface area (Å²) in [4.78, 5) is 11.0. The quantitative estimate of drug-likeness (QED) is 0.643. The molecule has 0 aromatic rings. The topological polar surface area (TPSA) is 17.1 Å². The molecule has 0 amide bonds. The van der Waals surface area contributed by atoms with E-state index >= 15 is 0 Å². The Morgan fingerprint density at radius 3 is 1.93 bits per heavy atom. The molecule has 0 aliphatic heterocycles. The van der Waals surface area contributed by atoms with Crippen molar-refractivity contribution < 1.29 is 4.79 Å². The third-order valence-corrected chi connectivity index (χ3v) is 4.97. The van der Waals surface area contributed by atoms with Crippen LogP contribution in [0.15, 0.2) is 0 Å². The Hall–Kier alpha value is -0.0400. The van der Waals surface area contributed by atoms with Crippen LogP contribution in [0.4, 0.5) is 0 Å². The molecule has 0 radical (unpaired) electrons. The molecule has 4 bridgehead atoms. The van der Waals surface area contributed by atoms with Crippen molar-refractivity contribution in [1.29, 1.82) is 0 Å². The zero-order valence-corrected chi connectivity index (χ0v) is 9.17. The highest BCUT2D eigenvalue weighted by Crippen LogP contribution is 2.57. The second-order valence-corrected chi connectivity index (χ2v) is 6.08. The molecule has 0 heterocycles. The zero-order chi connectivity index (χ0) is 9.71. The molecule has 4 aliphatic carbocycles. The fraction of sp³-hybridized carbons (Fsp3) is 0.917. The van der Waals surface area contributed by atoms with Gasteiger partial charge in [0.15, 0.2) is 0 Å². The molecule has 14 heavy (non-hydrogen) atoms. The van der Waals surface area contributed by atoms with E-state index in [0.717, 1.165) is 23.7 Å². The minimum absolute atomic E-state index is 0.109. The molecule has 4 fully saturated rings. The van der Waals surface area contributed by atoms with E-state index in [1.165, 1.54) is 32.1 Å². The minimum atomic E-state index is -0.109. The van der Waals surface area contributed by atoms with E-state index < -0.39 is 0 Å². The Bertz CT molecular complexity index is 233. The average molecular weight is 213 g/mol. The smallest absolute Gasteiger partial charge is 0.221 e. The molecular formula is C12H17ClO. The van der Waals surface area contributed by atoms with Gasteiger partial charge in [-0.1, -0.05) is 0 Å². The first kappa shape index (κ1) is 9.21. The molecule has 1 nitrogen and oxygen atoms in total. The largest absolute Gasteiger partial charge is 0.281 e. The van der Waals surface area contributed by atoms with Crippen LogP contribution in [0, 0.1) is 29.6 Å². The first-order valence-electron chi connectivity index (χ1n) is 5.90. The van der Waals surface area contributed by atoms with Gasteiger partial charge < -0.3 is 0 Å². The summed E-state index contributed by atoms with van der Waals surface area (Å²) >= 11 is 5.53. The first-order valence-corrected chi connectivity index (χ1v) is 6.28. The summed E-state index contributed by atoms with van der Waals surface area (Å²) < 4.78 is 0. The van der Waals surface area contributed by atoms with E-state index in [-0.39, 0.29) is 5.24 Å². The van der Waals surface area contributed by atoms with Crippen LogP contribution in [0.1, 0.15) is 38.5 Å². The summed E-state index contributed by atoms with van der Waals surface area (Å²) in [5.74, 6) is 4.33. The molecule has 0 saturated heterocycles. The van der Waals surface area contributed by atoms with Crippen LogP contribution in [0.2, 0.25) is 0 Å². The van der Waals surface area contributed by atoms with Crippen LogP contribution in [-0.4, -0.2) is 5.24 Å². The second kappa shape index (κ2) is 3.23. The number of rotatable bonds is 2. The average Bonchev–Trinajstić information content (AvgIpc) is 2.09. The number of carbonyl (C=O) groups excluding carboxylic acids is 1. The van der Waals surface area contributed by atoms with Gasteiger partial charge in [0.05, 0.1) is 0 Å². The van der Waals surface area contributed by atoms with Crippen molar-refractivity contribution in [2.24, 2.45) is 29.6 Å². The van der Waals surface area contributed by atoms with E-state index in [0.29, 0.717) is 12.3 Å². The highest BCUT2D eigenvalue weighted by Gasteiger charge is 2.48. The van der Waals surface area contributed by atoms with Gasteiger partial charge in [-0.2, -0.15) is 0 Å². The maximum Gasteiger partial charge on any atom is 0.221 e. The van der Waals surface area contributed by atoms with Gasteiger partial charge in [0.2, 0.25) is 5.24 Å². The van der Waals surface area contributed by atoms with E-state index in [9.17, 15) is 4.79 Å². The predicted octanol–water partition coefficient (Wildman–Crippen LogP) is 3.21. The van der Waals surface area contributed by atoms with Crippen molar-refractivity contribution in [2.75, 3.05) is 0 Å². The van der Waals surface area contributed by atoms with Gasteiger partial charge in [0.1, 0.15) is 0 Å². The molecule has 0 atom stereocenters. The van der Waals surface area contributed by atoms with Crippen LogP contribution in [0.25, 0.3) is 0 Å². The highest BCUT2D eigenvalue weighted by atomic mass is 35.5. The Morgan fingerprint density at radius 1 is 1.00 bits per heavy atom. The van der Waals surface area contributed by atoms with Crippen molar-refractivity contribution in [2.45, 2.75) is 38.5 Å². The molecule has 4 saturated carbocycles. The normalized spacial score (nSPS) is 49.6. The van der Waals surface area contributed by atoms with Crippen molar-refractivity contribution in [1.82, 2.24) is 0 Å². The van der Waals surface area contributed by atoms with E-state index in [1.54, 1.807) is 0 Å². The first-order chi connectivity index (χ1) is 6.72. The molecule has 0 aromatic carbocycles. The van der Waals surface area contributed by atoms with Crippen molar-refractivity contribution in [3.63, 3.8) is 0 Å². The summed E-state index contributed by atoms with van der Waals surface area (Å²) in [5.41, 5.74) is 0. The van der Waals surface area contributed by atoms with Gasteiger partial charge >= 0.3 is 0 Å². The fourth-order valence-electron chi connectivity index (χ4n) is 4.56. The van der Waals surface area contributed by atoms with Crippen LogP contribution in [0.3, 0.4) is 0 Å². The lowest BCUT2D eigenvalue weighted by molar-refractivity contribution is -0.116. The molecule has 4 rings (SSSR count). The van der Waals surface area contributed by atoms with Gasteiger partial charge in [-0.05, 0) is 73.3 Å². The van der Waals surface area contributed by atoms with Gasteiger partial charge in [-0.25, -0.2) is 0 Å². The number of hydrogen-bond donors (Lipinski definition) is 0. The minimum Gasteiger partial charge on any atom is -0.281 e. The van der Waals surface area contributed by atoms with Crippen molar-refractivity contribution in [3.8, 4) is 0 Å². The Balaban J connectivity index is 1.77. The van der Waals surface area contributed by atoms with Crippen molar-refractivity contribution >= 4 is 16.8 Å². The Morgan fingerprint density at radius 2 is 1.50 bits per heavy atom. The molecule has 0 spiro atoms. The van der Waals surface area contributed by atoms with Crippen molar-refractivity contribution in [3.05, 3.63) is 0 Å². The molecule has 0 aromatic heterocycles. The third kappa shape index (κ3) is 1.41. The third-order valence-electron chi connectivity index (χ3n) is 4.82. The Kier molecular flexibility index (Phi) is 2.12. The number of hydrogen-bond acceptors (Lipinski definition) is 1. The fourth-order valence-corrected chi connectivity index (χ4v) is 4.73. The standard InChI is InChI=1S/C12H17ClO/c13-12(14)6-11-9-2-7-1-8(4-9)5-10(11)3-7/h7-11H,1-6H2/t7-,8-,9-,10+,11?. The number of halogens is 1. The lowest BCUT2D eigenvalue weighted by atomic mass is 9.51. The van der Waals surface area contributed by atoms with Crippen LogP contribution >= 0.6 is 11.6 Å². The summed E-state index contributed by atoms with van der Waals surface area (Å²) in [5, 5.41) is -0.109. The lowest BCUT2D eigenvalue weighted by Crippen LogP contribution is -2.45. The SMILES string of the molecule is O=C(Cl)CC1[C@H]2C[C@H]3C[C@H](C2)C[C@H]1C3. The number of carbonyl (C=O) groups is 1. The van der Waals surface area contributed by atoms with E-state index in [2.05, 4.69) is 0 Å². The summed E-state index contributed by atoms with van der Waals surface area (Å²) in [7, 11) is 0.